The third kappa shape index (κ3) is 3.38. The van der Waals surface area contributed by atoms with Gasteiger partial charge in [-0.25, -0.2) is 22.5 Å². The molecule has 148 valence electrons. The summed E-state index contributed by atoms with van der Waals surface area (Å²) < 4.78 is 44.4. The third-order valence-corrected chi connectivity index (χ3v) is 5.14. The quantitative estimate of drug-likeness (QED) is 0.512. The first-order valence-electron chi connectivity index (χ1n) is 8.44. The number of nitrogens with two attached hydrogens (primary N) is 1. The highest BCUT2D eigenvalue weighted by Crippen LogP contribution is 2.33. The van der Waals surface area contributed by atoms with Crippen LogP contribution in [0, 0.1) is 5.82 Å². The van der Waals surface area contributed by atoms with E-state index in [1.54, 1.807) is 37.4 Å². The standard InChI is InChI=1S/C19H16FN5O3S/c1-28-14-8-6-11(7-9-14)16-15-17(21)25(13-5-3-4-12(20)10-13)24-18(15)23-19(22-16)29(2,26)27/h3-10H,21H2,1-2H3. The zero-order valence-electron chi connectivity index (χ0n) is 15.5. The zero-order chi connectivity index (χ0) is 20.8. The zero-order valence-corrected chi connectivity index (χ0v) is 16.3. The molecule has 0 saturated carbocycles. The van der Waals surface area contributed by atoms with Gasteiger partial charge in [-0.3, -0.25) is 0 Å². The van der Waals surface area contributed by atoms with E-state index < -0.39 is 15.7 Å². The van der Waals surface area contributed by atoms with Gasteiger partial charge in [0.25, 0.3) is 0 Å². The van der Waals surface area contributed by atoms with Crippen molar-refractivity contribution in [3.05, 3.63) is 54.3 Å². The number of halogens is 1. The molecular formula is C19H16FN5O3S. The molecule has 0 spiro atoms. The van der Waals surface area contributed by atoms with Gasteiger partial charge in [-0.15, -0.1) is 5.10 Å². The second-order valence-corrected chi connectivity index (χ2v) is 8.24. The summed E-state index contributed by atoms with van der Waals surface area (Å²) in [6, 6.07) is 12.6. The van der Waals surface area contributed by atoms with Crippen LogP contribution in [0.3, 0.4) is 0 Å². The number of benzene rings is 2. The van der Waals surface area contributed by atoms with Crippen molar-refractivity contribution < 1.29 is 17.5 Å². The summed E-state index contributed by atoms with van der Waals surface area (Å²) in [6.45, 7) is 0. The number of aromatic nitrogens is 4. The van der Waals surface area contributed by atoms with Crippen LogP contribution in [-0.2, 0) is 9.84 Å². The molecule has 0 aliphatic heterocycles. The maximum Gasteiger partial charge on any atom is 0.249 e. The lowest BCUT2D eigenvalue weighted by molar-refractivity contribution is 0.415. The van der Waals surface area contributed by atoms with Gasteiger partial charge in [0.1, 0.15) is 17.4 Å². The first-order chi connectivity index (χ1) is 13.8. The van der Waals surface area contributed by atoms with Gasteiger partial charge >= 0.3 is 0 Å². The molecule has 0 amide bonds. The van der Waals surface area contributed by atoms with Crippen molar-refractivity contribution in [3.63, 3.8) is 0 Å². The molecule has 0 radical (unpaired) electrons. The maximum absolute atomic E-state index is 13.7. The number of nitrogens with zero attached hydrogens (tertiary/aromatic N) is 4. The van der Waals surface area contributed by atoms with Crippen LogP contribution in [0.2, 0.25) is 0 Å². The highest BCUT2D eigenvalue weighted by molar-refractivity contribution is 7.90. The molecule has 0 saturated heterocycles. The van der Waals surface area contributed by atoms with E-state index in [1.165, 1.54) is 22.9 Å². The molecular weight excluding hydrogens is 397 g/mol. The lowest BCUT2D eigenvalue weighted by Crippen LogP contribution is -2.05. The molecule has 29 heavy (non-hydrogen) atoms. The van der Waals surface area contributed by atoms with Gasteiger partial charge in [0.05, 0.1) is 23.9 Å². The number of hydrogen-bond donors (Lipinski definition) is 1. The average molecular weight is 413 g/mol. The van der Waals surface area contributed by atoms with Crippen molar-refractivity contribution in [1.29, 1.82) is 0 Å². The normalized spacial score (nSPS) is 11.7. The van der Waals surface area contributed by atoms with Crippen LogP contribution in [0.1, 0.15) is 0 Å². The number of ether oxygens (including phenoxy) is 1. The van der Waals surface area contributed by atoms with Crippen molar-refractivity contribution in [1.82, 2.24) is 19.7 Å². The molecule has 0 aliphatic rings. The van der Waals surface area contributed by atoms with E-state index >= 15 is 0 Å². The second kappa shape index (κ2) is 6.82. The molecule has 10 heteroatoms. The van der Waals surface area contributed by atoms with Crippen LogP contribution in [0.25, 0.3) is 28.0 Å². The Morgan fingerprint density at radius 3 is 2.45 bits per heavy atom. The van der Waals surface area contributed by atoms with Crippen molar-refractivity contribution in [2.45, 2.75) is 5.16 Å². The smallest absolute Gasteiger partial charge is 0.249 e. The Morgan fingerprint density at radius 2 is 1.83 bits per heavy atom. The van der Waals surface area contributed by atoms with E-state index in [1.807, 2.05) is 0 Å². The number of nitrogen functional groups attached to an aromatic ring is 1. The molecule has 2 aromatic heterocycles. The lowest BCUT2D eigenvalue weighted by atomic mass is 10.1. The number of sulfone groups is 1. The van der Waals surface area contributed by atoms with Crippen LogP contribution < -0.4 is 10.5 Å². The largest absolute Gasteiger partial charge is 0.497 e. The van der Waals surface area contributed by atoms with Crippen molar-refractivity contribution in [2.75, 3.05) is 19.1 Å². The summed E-state index contributed by atoms with van der Waals surface area (Å²) >= 11 is 0. The molecule has 4 rings (SSSR count). The first kappa shape index (κ1) is 18.8. The van der Waals surface area contributed by atoms with Crippen molar-refractivity contribution >= 4 is 26.7 Å². The SMILES string of the molecule is COc1ccc(-c2nc(S(C)(=O)=O)nc3nn(-c4cccc(F)c4)c(N)c23)cc1. The minimum Gasteiger partial charge on any atom is -0.497 e. The number of methoxy groups -OCH3 is 1. The second-order valence-electron chi connectivity index (χ2n) is 6.33. The van der Waals surface area contributed by atoms with Crippen LogP contribution in [0.15, 0.2) is 53.7 Å². The molecule has 0 atom stereocenters. The summed E-state index contributed by atoms with van der Waals surface area (Å²) in [5, 5.41) is 4.29. The highest BCUT2D eigenvalue weighted by Gasteiger charge is 2.22. The van der Waals surface area contributed by atoms with Gasteiger partial charge in [0, 0.05) is 11.8 Å². The third-order valence-electron chi connectivity index (χ3n) is 4.30. The number of rotatable bonds is 4. The highest BCUT2D eigenvalue weighted by atomic mass is 32.2. The molecule has 2 heterocycles. The van der Waals surface area contributed by atoms with Gasteiger partial charge < -0.3 is 10.5 Å². The van der Waals surface area contributed by atoms with Crippen LogP contribution in [0.5, 0.6) is 5.75 Å². The molecule has 2 aromatic carbocycles. The van der Waals surface area contributed by atoms with Gasteiger partial charge in [-0.05, 0) is 42.5 Å². The Morgan fingerprint density at radius 1 is 1.10 bits per heavy atom. The summed E-state index contributed by atoms with van der Waals surface area (Å²) in [5.74, 6) is 0.335. The summed E-state index contributed by atoms with van der Waals surface area (Å²) in [5.41, 5.74) is 7.68. The molecule has 0 fully saturated rings. The van der Waals surface area contributed by atoms with E-state index in [0.717, 1.165) is 6.26 Å². The van der Waals surface area contributed by atoms with Gasteiger partial charge in [-0.2, -0.15) is 4.98 Å². The van der Waals surface area contributed by atoms with Crippen molar-refractivity contribution in [3.8, 4) is 22.7 Å². The Bertz CT molecular complexity index is 1330. The molecule has 8 nitrogen and oxygen atoms in total. The Hall–Kier alpha value is -3.53. The van der Waals surface area contributed by atoms with Gasteiger partial charge in [-0.1, -0.05) is 6.07 Å². The predicted molar refractivity (Wildman–Crippen MR) is 106 cm³/mol. The Kier molecular flexibility index (Phi) is 4.42. The van der Waals surface area contributed by atoms with E-state index in [-0.39, 0.29) is 16.6 Å². The predicted octanol–water partition coefficient (Wildman–Crippen LogP) is 2.62. The van der Waals surface area contributed by atoms with Gasteiger partial charge in [0.15, 0.2) is 5.65 Å². The Balaban J connectivity index is 2.04. The van der Waals surface area contributed by atoms with Gasteiger partial charge in [0.2, 0.25) is 15.0 Å². The summed E-state index contributed by atoms with van der Waals surface area (Å²) in [4.78, 5) is 8.30. The monoisotopic (exact) mass is 413 g/mol. The number of fused-ring (bicyclic) bond motifs is 1. The molecule has 0 bridgehead atoms. The lowest BCUT2D eigenvalue weighted by Gasteiger charge is -2.07. The van der Waals surface area contributed by atoms with E-state index in [9.17, 15) is 12.8 Å². The maximum atomic E-state index is 13.7. The fraction of sp³-hybridized carbons (Fsp3) is 0.105. The molecule has 0 unspecified atom stereocenters. The van der Waals surface area contributed by atoms with Crippen molar-refractivity contribution in [2.24, 2.45) is 0 Å². The topological polar surface area (TPSA) is 113 Å². The Labute approximate surface area is 165 Å². The molecule has 2 N–H and O–H groups in total. The first-order valence-corrected chi connectivity index (χ1v) is 10.3. The van der Waals surface area contributed by atoms with E-state index in [4.69, 9.17) is 10.5 Å². The molecule has 0 aliphatic carbocycles. The van der Waals surface area contributed by atoms with Crippen LogP contribution >= 0.6 is 0 Å². The average Bonchev–Trinajstić information content (AvgIpc) is 3.03. The number of anilines is 1. The minimum absolute atomic E-state index is 0.0907. The van der Waals surface area contributed by atoms with E-state index in [2.05, 4.69) is 15.1 Å². The molecule has 4 aromatic rings. The summed E-state index contributed by atoms with van der Waals surface area (Å²) in [6.07, 6.45) is 1.01. The fourth-order valence-electron chi connectivity index (χ4n) is 2.92. The number of hydrogen-bond acceptors (Lipinski definition) is 7. The fourth-order valence-corrected chi connectivity index (χ4v) is 3.43. The minimum atomic E-state index is -3.71. The van der Waals surface area contributed by atoms with E-state index in [0.29, 0.717) is 28.1 Å². The van der Waals surface area contributed by atoms with Crippen LogP contribution in [-0.4, -0.2) is 41.5 Å². The van der Waals surface area contributed by atoms with Crippen LogP contribution in [0.4, 0.5) is 10.2 Å². The summed E-state index contributed by atoms with van der Waals surface area (Å²) in [7, 11) is -2.17.